The van der Waals surface area contributed by atoms with Crippen LogP contribution in [0.5, 0.6) is 0 Å². The molecule has 0 saturated carbocycles. The molecule has 1 atom stereocenters. The van der Waals surface area contributed by atoms with Crippen molar-refractivity contribution >= 4 is 35.2 Å². The molecule has 2 aliphatic rings. The van der Waals surface area contributed by atoms with E-state index in [1.165, 1.54) is 4.90 Å². The van der Waals surface area contributed by atoms with Gasteiger partial charge in [-0.25, -0.2) is 0 Å². The number of hydrogen-bond acceptors (Lipinski definition) is 5. The predicted octanol–water partition coefficient (Wildman–Crippen LogP) is 2.04. The number of aromatic amines is 1. The molecule has 35 heavy (non-hydrogen) atoms. The van der Waals surface area contributed by atoms with Crippen LogP contribution in [0.1, 0.15) is 81.1 Å². The Morgan fingerprint density at radius 3 is 2.60 bits per heavy atom. The number of carbonyl (C=O) groups is 5. The molecule has 1 aromatic heterocycles. The summed E-state index contributed by atoms with van der Waals surface area (Å²) in [6, 6.07) is 4.28. The molecule has 1 unspecified atom stereocenters. The fourth-order valence-corrected chi connectivity index (χ4v) is 4.70. The highest BCUT2D eigenvalue weighted by Crippen LogP contribution is 2.30. The maximum Gasteiger partial charge on any atom is 0.272 e. The summed E-state index contributed by atoms with van der Waals surface area (Å²) in [5.74, 6) is -1.67. The average Bonchev–Trinajstić information content (AvgIpc) is 3.33. The first-order valence-electron chi connectivity index (χ1n) is 11.8. The Kier molecular flexibility index (Phi) is 6.72. The van der Waals surface area contributed by atoms with Gasteiger partial charge in [-0.1, -0.05) is 13.8 Å². The fourth-order valence-electron chi connectivity index (χ4n) is 4.70. The van der Waals surface area contributed by atoms with E-state index in [9.17, 15) is 24.0 Å². The number of rotatable bonds is 7. The molecule has 10 heteroatoms. The van der Waals surface area contributed by atoms with Gasteiger partial charge in [0, 0.05) is 36.5 Å². The third kappa shape index (κ3) is 4.55. The van der Waals surface area contributed by atoms with Gasteiger partial charge in [0.25, 0.3) is 17.7 Å². The molecule has 0 spiro atoms. The zero-order valence-electron chi connectivity index (χ0n) is 20.0. The van der Waals surface area contributed by atoms with Gasteiger partial charge in [0.15, 0.2) is 0 Å². The maximum atomic E-state index is 13.1. The number of anilines is 1. The number of benzene rings is 1. The average molecular weight is 480 g/mol. The number of piperidine rings is 1. The van der Waals surface area contributed by atoms with Crippen molar-refractivity contribution in [1.82, 2.24) is 20.5 Å². The molecule has 5 amide bonds. The summed E-state index contributed by atoms with van der Waals surface area (Å²) in [6.07, 6.45) is 1.78. The summed E-state index contributed by atoms with van der Waals surface area (Å²) < 4.78 is 0. The van der Waals surface area contributed by atoms with Crippen molar-refractivity contribution in [3.05, 3.63) is 51.8 Å². The van der Waals surface area contributed by atoms with Crippen molar-refractivity contribution in [2.75, 3.05) is 11.9 Å². The monoisotopic (exact) mass is 479 g/mol. The maximum absolute atomic E-state index is 13.1. The topological polar surface area (TPSA) is 140 Å². The van der Waals surface area contributed by atoms with Crippen molar-refractivity contribution in [3.8, 4) is 0 Å². The zero-order valence-corrected chi connectivity index (χ0v) is 20.0. The van der Waals surface area contributed by atoms with Gasteiger partial charge < -0.3 is 20.5 Å². The lowest BCUT2D eigenvalue weighted by molar-refractivity contribution is -0.136. The minimum atomic E-state index is -0.697. The SMILES string of the molecule is CCCNC(=O)c1c(C)[nH]c(C(=O)Nc2ccc3c(c2)CN(C2CCC(=O)NC2=O)C3=O)c1CC. The van der Waals surface area contributed by atoms with E-state index in [0.29, 0.717) is 52.3 Å². The number of nitrogens with one attached hydrogen (secondary N) is 4. The molecule has 184 valence electrons. The van der Waals surface area contributed by atoms with E-state index in [1.54, 1.807) is 25.1 Å². The van der Waals surface area contributed by atoms with Crippen LogP contribution in [-0.2, 0) is 22.6 Å². The van der Waals surface area contributed by atoms with Crippen LogP contribution >= 0.6 is 0 Å². The van der Waals surface area contributed by atoms with Crippen LogP contribution in [0.3, 0.4) is 0 Å². The Balaban J connectivity index is 1.52. The smallest absolute Gasteiger partial charge is 0.272 e. The molecule has 1 saturated heterocycles. The van der Waals surface area contributed by atoms with Gasteiger partial charge in [-0.2, -0.15) is 0 Å². The highest BCUT2D eigenvalue weighted by atomic mass is 16.2. The van der Waals surface area contributed by atoms with Crippen LogP contribution in [0.4, 0.5) is 5.69 Å². The number of imide groups is 1. The van der Waals surface area contributed by atoms with Gasteiger partial charge in [0.2, 0.25) is 11.8 Å². The molecule has 2 aliphatic heterocycles. The van der Waals surface area contributed by atoms with Crippen LogP contribution in [-0.4, -0.2) is 52.0 Å². The molecule has 4 N–H and O–H groups in total. The van der Waals surface area contributed by atoms with Crippen LogP contribution in [0.2, 0.25) is 0 Å². The third-order valence-electron chi connectivity index (χ3n) is 6.42. The van der Waals surface area contributed by atoms with Gasteiger partial charge in [-0.15, -0.1) is 0 Å². The van der Waals surface area contributed by atoms with E-state index in [-0.39, 0.29) is 43.0 Å². The largest absolute Gasteiger partial charge is 0.354 e. The first-order valence-corrected chi connectivity index (χ1v) is 11.8. The molecule has 4 rings (SSSR count). The number of aryl methyl sites for hydroxylation is 1. The van der Waals surface area contributed by atoms with E-state index >= 15 is 0 Å². The number of fused-ring (bicyclic) bond motifs is 1. The Bertz CT molecular complexity index is 1230. The first-order chi connectivity index (χ1) is 16.7. The highest BCUT2D eigenvalue weighted by Gasteiger charge is 2.39. The quantitative estimate of drug-likeness (QED) is 0.450. The minimum Gasteiger partial charge on any atom is -0.354 e. The van der Waals surface area contributed by atoms with Gasteiger partial charge >= 0.3 is 0 Å². The second-order valence-electron chi connectivity index (χ2n) is 8.81. The second kappa shape index (κ2) is 9.73. The third-order valence-corrected chi connectivity index (χ3v) is 6.42. The Labute approximate surface area is 202 Å². The zero-order chi connectivity index (χ0) is 25.3. The van der Waals surface area contributed by atoms with Crippen molar-refractivity contribution in [3.63, 3.8) is 0 Å². The second-order valence-corrected chi connectivity index (χ2v) is 8.81. The highest BCUT2D eigenvalue weighted by molar-refractivity contribution is 6.09. The van der Waals surface area contributed by atoms with Crippen molar-refractivity contribution in [2.24, 2.45) is 0 Å². The molecule has 1 aromatic carbocycles. The van der Waals surface area contributed by atoms with Gasteiger partial charge in [-0.3, -0.25) is 29.3 Å². The van der Waals surface area contributed by atoms with Gasteiger partial charge in [0.05, 0.1) is 5.56 Å². The van der Waals surface area contributed by atoms with E-state index in [4.69, 9.17) is 0 Å². The van der Waals surface area contributed by atoms with Gasteiger partial charge in [-0.05, 0) is 55.5 Å². The molecule has 1 fully saturated rings. The number of H-pyrrole nitrogens is 1. The van der Waals surface area contributed by atoms with Crippen LogP contribution in [0.15, 0.2) is 18.2 Å². The lowest BCUT2D eigenvalue weighted by Crippen LogP contribution is -2.52. The number of amides is 5. The molecule has 3 heterocycles. The van der Waals surface area contributed by atoms with Crippen LogP contribution < -0.4 is 16.0 Å². The Morgan fingerprint density at radius 1 is 1.14 bits per heavy atom. The molecule has 0 radical (unpaired) electrons. The van der Waals surface area contributed by atoms with Crippen molar-refractivity contribution in [1.29, 1.82) is 0 Å². The van der Waals surface area contributed by atoms with Crippen LogP contribution in [0, 0.1) is 6.92 Å². The standard InChI is InChI=1S/C25H29N5O5/c1-4-10-26-23(33)20-13(3)27-21(16(20)5-2)24(34)28-15-6-7-17-14(11-15)12-30(25(17)35)18-8-9-19(31)29-22(18)32/h6-7,11,18,27H,4-5,8-10,12H2,1-3H3,(H,26,33)(H,28,34)(H,29,31,32). The number of hydrogen-bond donors (Lipinski definition) is 4. The summed E-state index contributed by atoms with van der Waals surface area (Å²) in [7, 11) is 0. The van der Waals surface area contributed by atoms with Gasteiger partial charge in [0.1, 0.15) is 11.7 Å². The summed E-state index contributed by atoms with van der Waals surface area (Å²) in [4.78, 5) is 66.8. The van der Waals surface area contributed by atoms with E-state index in [0.717, 1.165) is 6.42 Å². The summed E-state index contributed by atoms with van der Waals surface area (Å²) >= 11 is 0. The summed E-state index contributed by atoms with van der Waals surface area (Å²) in [6.45, 7) is 6.39. The normalized spacial score (nSPS) is 17.3. The number of aromatic nitrogens is 1. The lowest BCUT2D eigenvalue weighted by Gasteiger charge is -2.29. The van der Waals surface area contributed by atoms with Crippen molar-refractivity contribution < 1.29 is 24.0 Å². The number of carbonyl (C=O) groups excluding carboxylic acids is 5. The van der Waals surface area contributed by atoms with Crippen LogP contribution in [0.25, 0.3) is 0 Å². The minimum absolute atomic E-state index is 0.186. The Hall–Kier alpha value is -3.95. The summed E-state index contributed by atoms with van der Waals surface area (Å²) in [5.41, 5.74) is 3.74. The molecule has 2 aromatic rings. The van der Waals surface area contributed by atoms with E-state index < -0.39 is 11.9 Å². The number of nitrogens with zero attached hydrogens (tertiary/aromatic N) is 1. The molecule has 0 bridgehead atoms. The summed E-state index contributed by atoms with van der Waals surface area (Å²) in [5, 5.41) is 8.00. The van der Waals surface area contributed by atoms with E-state index in [2.05, 4.69) is 20.9 Å². The van der Waals surface area contributed by atoms with E-state index in [1.807, 2.05) is 13.8 Å². The molecular formula is C25H29N5O5. The first kappa shape index (κ1) is 24.2. The Morgan fingerprint density at radius 2 is 1.91 bits per heavy atom. The predicted molar refractivity (Wildman–Crippen MR) is 128 cm³/mol. The molecule has 0 aliphatic carbocycles. The molecule has 10 nitrogen and oxygen atoms in total. The fraction of sp³-hybridized carbons (Fsp3) is 0.400. The van der Waals surface area contributed by atoms with Crippen molar-refractivity contribution in [2.45, 2.75) is 59.0 Å². The molecular weight excluding hydrogens is 450 g/mol. The lowest BCUT2D eigenvalue weighted by atomic mass is 10.0.